The number of halogens is 1. The SMILES string of the molecule is O=Cc1cc(Br)cc(CN2CCOCCOCc3cccc(n3)COCCOCC2)c1O. The quantitative estimate of drug-likeness (QED) is 0.632. The summed E-state index contributed by atoms with van der Waals surface area (Å²) < 4.78 is 23.5. The molecular formula is C23H29BrN2O6. The molecule has 2 aromatic rings. The van der Waals surface area contributed by atoms with E-state index in [9.17, 15) is 9.90 Å². The summed E-state index contributed by atoms with van der Waals surface area (Å²) in [5, 5.41) is 10.4. The van der Waals surface area contributed by atoms with Crippen LogP contribution in [0.4, 0.5) is 0 Å². The van der Waals surface area contributed by atoms with Gasteiger partial charge < -0.3 is 24.1 Å². The molecule has 0 unspecified atom stereocenters. The van der Waals surface area contributed by atoms with Gasteiger partial charge >= 0.3 is 0 Å². The van der Waals surface area contributed by atoms with Gasteiger partial charge in [-0.25, -0.2) is 0 Å². The number of phenols is 1. The van der Waals surface area contributed by atoms with E-state index in [1.54, 1.807) is 6.07 Å². The van der Waals surface area contributed by atoms with Gasteiger partial charge in [0.1, 0.15) is 5.75 Å². The number of fused-ring (bicyclic) bond motifs is 2. The Morgan fingerprint density at radius 3 is 2.12 bits per heavy atom. The number of carbonyl (C=O) groups is 1. The molecule has 1 N–H and O–H groups in total. The monoisotopic (exact) mass is 508 g/mol. The molecule has 1 aliphatic heterocycles. The molecule has 0 amide bonds. The Balaban J connectivity index is 1.57. The maximum absolute atomic E-state index is 11.2. The largest absolute Gasteiger partial charge is 0.507 e. The van der Waals surface area contributed by atoms with Crippen molar-refractivity contribution in [3.63, 3.8) is 0 Å². The third kappa shape index (κ3) is 8.23. The van der Waals surface area contributed by atoms with Gasteiger partial charge in [-0.05, 0) is 24.3 Å². The van der Waals surface area contributed by atoms with Gasteiger partial charge in [0.2, 0.25) is 0 Å². The van der Waals surface area contributed by atoms with Crippen molar-refractivity contribution in [3.05, 3.63) is 57.3 Å². The molecule has 1 aromatic heterocycles. The Bertz CT molecular complexity index is 833. The summed E-state index contributed by atoms with van der Waals surface area (Å²) in [6, 6.07) is 9.22. The number of aromatic nitrogens is 1. The van der Waals surface area contributed by atoms with Gasteiger partial charge in [0, 0.05) is 29.7 Å². The predicted molar refractivity (Wildman–Crippen MR) is 122 cm³/mol. The van der Waals surface area contributed by atoms with Gasteiger partial charge in [0.05, 0.1) is 69.8 Å². The fourth-order valence-corrected chi connectivity index (χ4v) is 3.79. The van der Waals surface area contributed by atoms with Crippen molar-refractivity contribution in [2.24, 2.45) is 0 Å². The number of carbonyl (C=O) groups excluding carboxylic acids is 1. The lowest BCUT2D eigenvalue weighted by Crippen LogP contribution is -2.31. The number of aromatic hydroxyl groups is 1. The summed E-state index contributed by atoms with van der Waals surface area (Å²) in [7, 11) is 0. The fourth-order valence-electron chi connectivity index (χ4n) is 3.27. The number of ether oxygens (including phenoxy) is 4. The highest BCUT2D eigenvalue weighted by atomic mass is 79.9. The minimum Gasteiger partial charge on any atom is -0.507 e. The van der Waals surface area contributed by atoms with Crippen molar-refractivity contribution in [1.82, 2.24) is 9.88 Å². The summed E-state index contributed by atoms with van der Waals surface area (Å²) in [5.74, 6) is 0.00288. The van der Waals surface area contributed by atoms with E-state index < -0.39 is 0 Å². The Kier molecular flexibility index (Phi) is 10.5. The first-order valence-corrected chi connectivity index (χ1v) is 11.4. The average Bonchev–Trinajstić information content (AvgIpc) is 2.79. The molecule has 0 saturated heterocycles. The van der Waals surface area contributed by atoms with Crippen LogP contribution < -0.4 is 0 Å². The Morgan fingerprint density at radius 1 is 0.938 bits per heavy atom. The molecule has 0 atom stereocenters. The lowest BCUT2D eigenvalue weighted by atomic mass is 10.1. The molecule has 0 aliphatic carbocycles. The average molecular weight is 509 g/mol. The highest BCUT2D eigenvalue weighted by Crippen LogP contribution is 2.27. The topological polar surface area (TPSA) is 90.4 Å². The van der Waals surface area contributed by atoms with E-state index in [0.29, 0.717) is 84.3 Å². The van der Waals surface area contributed by atoms with Crippen LogP contribution in [0, 0.1) is 0 Å². The molecule has 9 heteroatoms. The Hall–Kier alpha value is -1.88. The van der Waals surface area contributed by atoms with E-state index in [4.69, 9.17) is 18.9 Å². The molecule has 32 heavy (non-hydrogen) atoms. The summed E-state index contributed by atoms with van der Waals surface area (Å²) in [6.45, 7) is 5.52. The maximum Gasteiger partial charge on any atom is 0.153 e. The number of hydrogen-bond donors (Lipinski definition) is 1. The number of nitrogens with zero attached hydrogens (tertiary/aromatic N) is 2. The van der Waals surface area contributed by atoms with Crippen molar-refractivity contribution in [3.8, 4) is 5.75 Å². The summed E-state index contributed by atoms with van der Waals surface area (Å²) in [5.41, 5.74) is 2.65. The highest BCUT2D eigenvalue weighted by Gasteiger charge is 2.14. The molecule has 1 aliphatic rings. The number of aldehydes is 1. The standard InChI is InChI=1S/C23H29BrN2O6/c24-20-12-18(23(28)19(13-20)15-27)14-26-4-6-29-8-10-31-16-21-2-1-3-22(25-21)17-32-11-9-30-7-5-26/h1-3,12-13,15,28H,4-11,14,16-17H2. The van der Waals surface area contributed by atoms with Crippen molar-refractivity contribution in [1.29, 1.82) is 0 Å². The first-order valence-electron chi connectivity index (χ1n) is 10.6. The van der Waals surface area contributed by atoms with Crippen molar-refractivity contribution >= 4 is 22.2 Å². The van der Waals surface area contributed by atoms with E-state index in [2.05, 4.69) is 25.8 Å². The lowest BCUT2D eigenvalue weighted by Gasteiger charge is -2.23. The molecule has 174 valence electrons. The predicted octanol–water partition coefficient (Wildman–Crippen LogP) is 2.94. The van der Waals surface area contributed by atoms with Crippen LogP contribution in [-0.2, 0) is 38.7 Å². The molecule has 1 aromatic carbocycles. The number of hydrogen-bond acceptors (Lipinski definition) is 8. The minimum atomic E-state index is 0.00288. The van der Waals surface area contributed by atoms with E-state index in [-0.39, 0.29) is 11.3 Å². The normalized spacial score (nSPS) is 17.9. The zero-order valence-corrected chi connectivity index (χ0v) is 19.6. The third-order valence-electron chi connectivity index (χ3n) is 4.92. The van der Waals surface area contributed by atoms with Crippen LogP contribution in [0.1, 0.15) is 27.3 Å². The van der Waals surface area contributed by atoms with Crippen molar-refractivity contribution in [2.45, 2.75) is 19.8 Å². The first kappa shape index (κ1) is 24.8. The second kappa shape index (κ2) is 13.6. The molecule has 3 rings (SSSR count). The van der Waals surface area contributed by atoms with Crippen LogP contribution in [-0.4, -0.2) is 74.0 Å². The van der Waals surface area contributed by atoms with Crippen LogP contribution in [0.15, 0.2) is 34.8 Å². The van der Waals surface area contributed by atoms with E-state index in [1.165, 1.54) is 0 Å². The molecule has 0 spiro atoms. The van der Waals surface area contributed by atoms with E-state index in [0.717, 1.165) is 15.9 Å². The highest BCUT2D eigenvalue weighted by molar-refractivity contribution is 9.10. The second-order valence-corrected chi connectivity index (χ2v) is 8.26. The van der Waals surface area contributed by atoms with Crippen LogP contribution in [0.3, 0.4) is 0 Å². The summed E-state index contributed by atoms with van der Waals surface area (Å²) in [6.07, 6.45) is 0.653. The van der Waals surface area contributed by atoms with Gasteiger partial charge in [-0.1, -0.05) is 22.0 Å². The third-order valence-corrected chi connectivity index (χ3v) is 5.37. The number of phenolic OH excluding ortho intramolecular Hbond substituents is 1. The van der Waals surface area contributed by atoms with Crippen LogP contribution in [0.2, 0.25) is 0 Å². The summed E-state index contributed by atoms with van der Waals surface area (Å²) >= 11 is 3.40. The smallest absolute Gasteiger partial charge is 0.153 e. The lowest BCUT2D eigenvalue weighted by molar-refractivity contribution is 0.0148. The second-order valence-electron chi connectivity index (χ2n) is 7.35. The molecule has 0 saturated carbocycles. The summed E-state index contributed by atoms with van der Waals surface area (Å²) in [4.78, 5) is 17.9. The van der Waals surface area contributed by atoms with Crippen molar-refractivity contribution in [2.75, 3.05) is 52.7 Å². The molecule has 2 heterocycles. The molecule has 0 fully saturated rings. The molecule has 8 nitrogen and oxygen atoms in total. The van der Waals surface area contributed by atoms with Crippen molar-refractivity contribution < 1.29 is 28.8 Å². The Morgan fingerprint density at radius 2 is 1.53 bits per heavy atom. The van der Waals surface area contributed by atoms with Crippen LogP contribution in [0.25, 0.3) is 0 Å². The number of pyridine rings is 1. The van der Waals surface area contributed by atoms with Gasteiger partial charge in [0.25, 0.3) is 0 Å². The van der Waals surface area contributed by atoms with E-state index >= 15 is 0 Å². The van der Waals surface area contributed by atoms with Crippen LogP contribution >= 0.6 is 15.9 Å². The molecule has 0 radical (unpaired) electrons. The minimum absolute atomic E-state index is 0.00288. The molecule has 2 bridgehead atoms. The van der Waals surface area contributed by atoms with Gasteiger partial charge in [0.15, 0.2) is 6.29 Å². The van der Waals surface area contributed by atoms with Gasteiger partial charge in [-0.15, -0.1) is 0 Å². The molecular weight excluding hydrogens is 480 g/mol. The maximum atomic E-state index is 11.2. The Labute approximate surface area is 196 Å². The first-order chi connectivity index (χ1) is 15.7. The van der Waals surface area contributed by atoms with Gasteiger partial charge in [-0.3, -0.25) is 14.7 Å². The number of rotatable bonds is 3. The fraction of sp³-hybridized carbons (Fsp3) is 0.478. The number of benzene rings is 1. The van der Waals surface area contributed by atoms with Crippen LogP contribution in [0.5, 0.6) is 5.75 Å². The zero-order chi connectivity index (χ0) is 22.6. The van der Waals surface area contributed by atoms with Gasteiger partial charge in [-0.2, -0.15) is 0 Å². The van der Waals surface area contributed by atoms with E-state index in [1.807, 2.05) is 24.3 Å². The zero-order valence-electron chi connectivity index (χ0n) is 18.0.